The molecule has 0 radical (unpaired) electrons. The molecule has 1 heterocycles. The molecule has 4 aromatic rings. The van der Waals surface area contributed by atoms with Crippen molar-refractivity contribution in [1.82, 2.24) is 5.16 Å². The Morgan fingerprint density at radius 1 is 1.00 bits per heavy atom. The van der Waals surface area contributed by atoms with Crippen LogP contribution in [0.2, 0.25) is 5.02 Å². The molecule has 1 amide bonds. The van der Waals surface area contributed by atoms with Gasteiger partial charge in [-0.1, -0.05) is 83.5 Å². The van der Waals surface area contributed by atoms with Gasteiger partial charge in [0.25, 0.3) is 0 Å². The lowest BCUT2D eigenvalue weighted by Gasteiger charge is -2.15. The van der Waals surface area contributed by atoms with Gasteiger partial charge in [0, 0.05) is 16.1 Å². The van der Waals surface area contributed by atoms with Gasteiger partial charge >= 0.3 is 12.1 Å². The number of halogens is 1. The van der Waals surface area contributed by atoms with Gasteiger partial charge in [-0.2, -0.15) is 0 Å². The minimum absolute atomic E-state index is 0.00834. The quantitative estimate of drug-likeness (QED) is 0.272. The van der Waals surface area contributed by atoms with Crippen LogP contribution in [0.4, 0.5) is 10.5 Å². The Bertz CT molecular complexity index is 1360. The number of hydrogen-bond donors (Lipinski definition) is 2. The van der Waals surface area contributed by atoms with Crippen molar-refractivity contribution in [1.29, 1.82) is 0 Å². The van der Waals surface area contributed by atoms with E-state index in [1.165, 1.54) is 0 Å². The SMILES string of the molecule is Cc1noc(-c2ccc(Cc3ccc(CC(=O)O)cc3)cc2)c1NC(=O)OC(C)c1ccccc1Cl. The maximum atomic E-state index is 12.6. The lowest BCUT2D eigenvalue weighted by atomic mass is 10.0. The predicted molar refractivity (Wildman–Crippen MR) is 137 cm³/mol. The molecule has 2 N–H and O–H groups in total. The molecule has 0 saturated carbocycles. The fourth-order valence-electron chi connectivity index (χ4n) is 3.83. The molecule has 3 aromatic carbocycles. The van der Waals surface area contributed by atoms with Crippen LogP contribution in [0.25, 0.3) is 11.3 Å². The van der Waals surface area contributed by atoms with E-state index in [0.29, 0.717) is 34.1 Å². The summed E-state index contributed by atoms with van der Waals surface area (Å²) in [5.41, 5.74) is 5.34. The van der Waals surface area contributed by atoms with E-state index in [9.17, 15) is 9.59 Å². The highest BCUT2D eigenvalue weighted by atomic mass is 35.5. The van der Waals surface area contributed by atoms with Crippen LogP contribution in [0.5, 0.6) is 0 Å². The third-order valence-corrected chi connectivity index (χ3v) is 6.06. The van der Waals surface area contributed by atoms with Crippen LogP contribution in [-0.2, 0) is 22.4 Å². The number of aliphatic carboxylic acids is 1. The Balaban J connectivity index is 1.43. The molecule has 0 aliphatic carbocycles. The summed E-state index contributed by atoms with van der Waals surface area (Å²) in [6, 6.07) is 22.5. The third-order valence-electron chi connectivity index (χ3n) is 5.72. The number of carboxylic acid groups (broad SMARTS) is 1. The zero-order valence-electron chi connectivity index (χ0n) is 19.8. The van der Waals surface area contributed by atoms with Crippen LogP contribution < -0.4 is 5.32 Å². The Kier molecular flexibility index (Phi) is 7.71. The van der Waals surface area contributed by atoms with Crippen molar-refractivity contribution in [3.05, 3.63) is 106 Å². The molecule has 0 aliphatic heterocycles. The zero-order chi connectivity index (χ0) is 25.7. The fourth-order valence-corrected chi connectivity index (χ4v) is 4.12. The van der Waals surface area contributed by atoms with Gasteiger partial charge in [-0.3, -0.25) is 10.1 Å². The summed E-state index contributed by atoms with van der Waals surface area (Å²) in [5, 5.41) is 16.2. The Morgan fingerprint density at radius 3 is 2.25 bits per heavy atom. The Morgan fingerprint density at radius 2 is 1.61 bits per heavy atom. The number of aromatic nitrogens is 1. The molecule has 7 nitrogen and oxygen atoms in total. The van der Waals surface area contributed by atoms with Crippen LogP contribution in [0.15, 0.2) is 77.3 Å². The number of hydrogen-bond acceptors (Lipinski definition) is 5. The smallest absolute Gasteiger partial charge is 0.412 e. The summed E-state index contributed by atoms with van der Waals surface area (Å²) in [4.78, 5) is 23.5. The molecule has 1 aromatic heterocycles. The number of rotatable bonds is 8. The van der Waals surface area contributed by atoms with Crippen molar-refractivity contribution in [2.24, 2.45) is 0 Å². The predicted octanol–water partition coefficient (Wildman–Crippen LogP) is 6.83. The molecule has 4 rings (SSSR count). The van der Waals surface area contributed by atoms with Gasteiger partial charge in [-0.15, -0.1) is 0 Å². The average Bonchev–Trinajstić information content (AvgIpc) is 3.20. The number of nitrogens with one attached hydrogen (secondary N) is 1. The number of carboxylic acids is 1. The van der Waals surface area contributed by atoms with E-state index in [1.54, 1.807) is 19.9 Å². The number of amides is 1. The molecular weight excluding hydrogens is 480 g/mol. The highest BCUT2D eigenvalue weighted by molar-refractivity contribution is 6.31. The number of nitrogens with zero attached hydrogens (tertiary/aromatic N) is 1. The first-order valence-corrected chi connectivity index (χ1v) is 11.7. The third kappa shape index (κ3) is 6.12. The normalized spacial score (nSPS) is 11.6. The Hall–Kier alpha value is -4.10. The van der Waals surface area contributed by atoms with Gasteiger partial charge < -0.3 is 14.4 Å². The van der Waals surface area contributed by atoms with Gasteiger partial charge in [0.1, 0.15) is 17.5 Å². The molecule has 0 saturated heterocycles. The van der Waals surface area contributed by atoms with Gasteiger partial charge in [-0.05, 0) is 43.0 Å². The summed E-state index contributed by atoms with van der Waals surface area (Å²) in [5.74, 6) is -0.419. The van der Waals surface area contributed by atoms with Gasteiger partial charge in [0.2, 0.25) is 0 Å². The standard InChI is InChI=1S/C28H25ClN2O5/c1-17-26(30-28(34)35-18(2)23-5-3-4-6-24(23)29)27(36-31-17)22-13-11-20(12-14-22)15-19-7-9-21(10-8-19)16-25(32)33/h3-14,18H,15-16H2,1-2H3,(H,30,34)(H,32,33). The van der Waals surface area contributed by atoms with Crippen molar-refractivity contribution >= 4 is 29.4 Å². The average molecular weight is 505 g/mol. The molecule has 0 spiro atoms. The van der Waals surface area contributed by atoms with E-state index in [-0.39, 0.29) is 6.42 Å². The lowest BCUT2D eigenvalue weighted by molar-refractivity contribution is -0.136. The summed E-state index contributed by atoms with van der Waals surface area (Å²) in [7, 11) is 0. The summed E-state index contributed by atoms with van der Waals surface area (Å²) < 4.78 is 11.0. The Labute approximate surface area is 213 Å². The molecule has 8 heteroatoms. The van der Waals surface area contributed by atoms with E-state index in [4.69, 9.17) is 26.0 Å². The second-order valence-electron chi connectivity index (χ2n) is 8.43. The monoisotopic (exact) mass is 504 g/mol. The van der Waals surface area contributed by atoms with E-state index in [2.05, 4.69) is 10.5 Å². The minimum atomic E-state index is -0.849. The van der Waals surface area contributed by atoms with Gasteiger partial charge in [0.15, 0.2) is 5.76 Å². The van der Waals surface area contributed by atoms with E-state index < -0.39 is 18.2 Å². The molecule has 0 aliphatic rings. The molecule has 36 heavy (non-hydrogen) atoms. The number of aryl methyl sites for hydroxylation is 1. The number of benzene rings is 3. The van der Waals surface area contributed by atoms with Crippen LogP contribution in [0.1, 0.15) is 41.0 Å². The van der Waals surface area contributed by atoms with Gasteiger partial charge in [-0.25, -0.2) is 4.79 Å². The van der Waals surface area contributed by atoms with Crippen LogP contribution in [0, 0.1) is 6.92 Å². The number of carbonyl (C=O) groups excluding carboxylic acids is 1. The summed E-state index contributed by atoms with van der Waals surface area (Å²) in [6.45, 7) is 3.49. The van der Waals surface area contributed by atoms with Crippen molar-refractivity contribution in [3.63, 3.8) is 0 Å². The first-order chi connectivity index (χ1) is 17.3. The second kappa shape index (κ2) is 11.1. The maximum Gasteiger partial charge on any atom is 0.412 e. The summed E-state index contributed by atoms with van der Waals surface area (Å²) in [6.07, 6.45) is -0.479. The minimum Gasteiger partial charge on any atom is -0.481 e. The van der Waals surface area contributed by atoms with Crippen LogP contribution >= 0.6 is 11.6 Å². The number of anilines is 1. The van der Waals surface area contributed by atoms with Crippen molar-refractivity contribution in [2.75, 3.05) is 5.32 Å². The largest absolute Gasteiger partial charge is 0.481 e. The molecule has 1 unspecified atom stereocenters. The topological polar surface area (TPSA) is 102 Å². The van der Waals surface area contributed by atoms with E-state index in [1.807, 2.05) is 66.7 Å². The molecule has 1 atom stereocenters. The van der Waals surface area contributed by atoms with Crippen molar-refractivity contribution in [3.8, 4) is 11.3 Å². The second-order valence-corrected chi connectivity index (χ2v) is 8.83. The van der Waals surface area contributed by atoms with Gasteiger partial charge in [0.05, 0.1) is 6.42 Å². The molecular formula is C28H25ClN2O5. The first-order valence-electron chi connectivity index (χ1n) is 11.4. The zero-order valence-corrected chi connectivity index (χ0v) is 20.6. The number of ether oxygens (including phenoxy) is 1. The highest BCUT2D eigenvalue weighted by Gasteiger charge is 2.20. The van der Waals surface area contributed by atoms with Crippen LogP contribution in [0.3, 0.4) is 0 Å². The lowest BCUT2D eigenvalue weighted by Crippen LogP contribution is -2.17. The molecule has 0 bridgehead atoms. The number of carbonyl (C=O) groups is 2. The van der Waals surface area contributed by atoms with Crippen molar-refractivity contribution in [2.45, 2.75) is 32.8 Å². The first kappa shape index (κ1) is 25.0. The van der Waals surface area contributed by atoms with Crippen molar-refractivity contribution < 1.29 is 24.0 Å². The maximum absolute atomic E-state index is 12.6. The fraction of sp³-hybridized carbons (Fsp3) is 0.179. The highest BCUT2D eigenvalue weighted by Crippen LogP contribution is 2.32. The molecule has 184 valence electrons. The molecule has 0 fully saturated rings. The van der Waals surface area contributed by atoms with E-state index >= 15 is 0 Å². The van der Waals surface area contributed by atoms with E-state index in [0.717, 1.165) is 22.3 Å². The van der Waals surface area contributed by atoms with Crippen LogP contribution in [-0.4, -0.2) is 22.3 Å². The summed E-state index contributed by atoms with van der Waals surface area (Å²) >= 11 is 6.21.